The van der Waals surface area contributed by atoms with E-state index in [0.717, 1.165) is 22.3 Å². The van der Waals surface area contributed by atoms with Crippen LogP contribution in [0.3, 0.4) is 0 Å². The van der Waals surface area contributed by atoms with Gasteiger partial charge in [0.05, 0.1) is 18.2 Å². The quantitative estimate of drug-likeness (QED) is 0.386. The summed E-state index contributed by atoms with van der Waals surface area (Å²) in [5, 5.41) is 17.5. The topological polar surface area (TPSA) is 90.9 Å². The molecule has 3 atom stereocenters. The number of rotatable bonds is 9. The molecule has 0 fully saturated rings. The maximum Gasteiger partial charge on any atom is 0.407 e. The van der Waals surface area contributed by atoms with Crippen molar-refractivity contribution in [1.29, 1.82) is 0 Å². The smallest absolute Gasteiger partial charge is 0.407 e. The second kappa shape index (κ2) is 12.9. The molecule has 3 aromatic carbocycles. The lowest BCUT2D eigenvalue weighted by atomic mass is 9.91. The highest BCUT2D eigenvalue weighted by atomic mass is 16.5. The van der Waals surface area contributed by atoms with Gasteiger partial charge in [-0.1, -0.05) is 84.9 Å². The number of alkyl carbamates (subject to hydrolysis) is 1. The lowest BCUT2D eigenvalue weighted by Gasteiger charge is -2.39. The normalized spacial score (nSPS) is 17.0. The Morgan fingerprint density at radius 3 is 2.15 bits per heavy atom. The Balaban J connectivity index is 1.50. The van der Waals surface area contributed by atoms with Gasteiger partial charge >= 0.3 is 6.09 Å². The monoisotopic (exact) mass is 529 g/mol. The summed E-state index contributed by atoms with van der Waals surface area (Å²) in [5.74, 6) is -0.0703. The summed E-state index contributed by atoms with van der Waals surface area (Å²) in [4.78, 5) is 28.2. The third kappa shape index (κ3) is 8.40. The van der Waals surface area contributed by atoms with Crippen molar-refractivity contribution in [1.82, 2.24) is 15.5 Å². The average Bonchev–Trinajstić information content (AvgIpc) is 2.91. The van der Waals surface area contributed by atoms with Crippen molar-refractivity contribution in [2.24, 2.45) is 0 Å². The minimum Gasteiger partial charge on any atom is -0.445 e. The molecule has 3 N–H and O–H groups in total. The van der Waals surface area contributed by atoms with Gasteiger partial charge in [0, 0.05) is 18.6 Å². The molecule has 2 amide bonds. The molecule has 0 bridgehead atoms. The summed E-state index contributed by atoms with van der Waals surface area (Å²) >= 11 is 0. The van der Waals surface area contributed by atoms with Crippen molar-refractivity contribution in [2.45, 2.75) is 70.5 Å². The van der Waals surface area contributed by atoms with E-state index in [9.17, 15) is 14.7 Å². The molecule has 1 aliphatic heterocycles. The van der Waals surface area contributed by atoms with Crippen molar-refractivity contribution in [3.8, 4) is 0 Å². The van der Waals surface area contributed by atoms with Gasteiger partial charge in [0.1, 0.15) is 6.61 Å². The van der Waals surface area contributed by atoms with Crippen molar-refractivity contribution >= 4 is 12.0 Å². The van der Waals surface area contributed by atoms with Gasteiger partial charge in [-0.25, -0.2) is 4.79 Å². The van der Waals surface area contributed by atoms with E-state index in [4.69, 9.17) is 4.74 Å². The van der Waals surface area contributed by atoms with Crippen molar-refractivity contribution in [3.05, 3.63) is 107 Å². The van der Waals surface area contributed by atoms with Gasteiger partial charge in [-0.2, -0.15) is 0 Å². The van der Waals surface area contributed by atoms with Crippen LogP contribution in [0.25, 0.3) is 0 Å². The number of hydrogen-bond acceptors (Lipinski definition) is 5. The Morgan fingerprint density at radius 2 is 1.51 bits per heavy atom. The number of carbonyl (C=O) groups excluding carboxylic acids is 2. The number of hydrogen-bond donors (Lipinski definition) is 3. The third-order valence-corrected chi connectivity index (χ3v) is 6.85. The Bertz CT molecular complexity index is 1230. The fourth-order valence-corrected chi connectivity index (χ4v) is 4.92. The maximum atomic E-state index is 13.3. The third-order valence-electron chi connectivity index (χ3n) is 6.85. The highest BCUT2D eigenvalue weighted by molar-refractivity contribution is 5.83. The van der Waals surface area contributed by atoms with Crippen LogP contribution in [-0.2, 0) is 35.5 Å². The molecule has 0 saturated heterocycles. The van der Waals surface area contributed by atoms with E-state index in [0.29, 0.717) is 19.4 Å². The predicted octanol–water partition coefficient (Wildman–Crippen LogP) is 4.23. The van der Waals surface area contributed by atoms with Gasteiger partial charge in [-0.3, -0.25) is 9.69 Å². The Kier molecular flexibility index (Phi) is 9.38. The molecule has 0 radical (unpaired) electrons. The minimum absolute atomic E-state index is 0.0703. The van der Waals surface area contributed by atoms with Crippen molar-refractivity contribution in [3.63, 3.8) is 0 Å². The van der Waals surface area contributed by atoms with E-state index < -0.39 is 24.3 Å². The van der Waals surface area contributed by atoms with Crippen LogP contribution >= 0.6 is 0 Å². The number of nitrogens with one attached hydrogen (secondary N) is 2. The highest BCUT2D eigenvalue weighted by Crippen LogP contribution is 2.25. The molecular formula is C32H39N3O4. The lowest BCUT2D eigenvalue weighted by molar-refractivity contribution is -0.129. The first-order valence-corrected chi connectivity index (χ1v) is 13.5. The molecule has 39 heavy (non-hydrogen) atoms. The number of aliphatic hydroxyl groups is 1. The Labute approximate surface area is 231 Å². The van der Waals surface area contributed by atoms with Crippen LogP contribution < -0.4 is 10.6 Å². The van der Waals surface area contributed by atoms with Crippen LogP contribution in [0.1, 0.15) is 43.0 Å². The molecule has 7 nitrogen and oxygen atoms in total. The molecule has 0 aliphatic carbocycles. The molecule has 0 spiro atoms. The fraction of sp³-hybridized carbons (Fsp3) is 0.375. The molecule has 4 rings (SSSR count). The number of benzene rings is 3. The molecule has 0 saturated carbocycles. The van der Waals surface area contributed by atoms with E-state index >= 15 is 0 Å². The zero-order chi connectivity index (χ0) is 27.8. The van der Waals surface area contributed by atoms with E-state index in [1.54, 1.807) is 0 Å². The molecule has 1 heterocycles. The molecule has 7 heteroatoms. The Hall–Kier alpha value is -3.68. The number of amides is 2. The minimum atomic E-state index is -0.940. The second-order valence-corrected chi connectivity index (χ2v) is 11.2. The van der Waals surface area contributed by atoms with Gasteiger partial charge in [0.15, 0.2) is 0 Å². The van der Waals surface area contributed by atoms with Crippen LogP contribution in [-0.4, -0.2) is 52.3 Å². The van der Waals surface area contributed by atoms with Gasteiger partial charge in [-0.05, 0) is 55.9 Å². The standard InChI is InChI=1S/C32H39N3O4/c1-32(2,3)34-30(37)28-19-25-16-10-11-17-26(25)20-35(28)21-29(36)27(18-23-12-6-4-7-13-23)33-31(38)39-22-24-14-8-5-9-15-24/h4-17,27-29,36H,18-22H2,1-3H3,(H,33,38)(H,34,37)/t27-,28+,29+/m0/s1. The molecule has 1 aliphatic rings. The van der Waals surface area contributed by atoms with Crippen LogP contribution in [0.2, 0.25) is 0 Å². The average molecular weight is 530 g/mol. The molecule has 3 aromatic rings. The van der Waals surface area contributed by atoms with Crippen LogP contribution in [0.5, 0.6) is 0 Å². The first-order chi connectivity index (χ1) is 18.7. The van der Waals surface area contributed by atoms with Gasteiger partial charge in [0.2, 0.25) is 5.91 Å². The summed E-state index contributed by atoms with van der Waals surface area (Å²) in [5.41, 5.74) is 3.77. The van der Waals surface area contributed by atoms with E-state index in [1.165, 1.54) is 0 Å². The molecule has 0 unspecified atom stereocenters. The maximum absolute atomic E-state index is 13.3. The van der Waals surface area contributed by atoms with E-state index in [2.05, 4.69) is 22.8 Å². The predicted molar refractivity (Wildman–Crippen MR) is 152 cm³/mol. The van der Waals surface area contributed by atoms with Crippen LogP contribution in [0, 0.1) is 0 Å². The molecule has 0 aromatic heterocycles. The van der Waals surface area contributed by atoms with Gasteiger partial charge in [0.25, 0.3) is 0 Å². The zero-order valence-electron chi connectivity index (χ0n) is 23.0. The fourth-order valence-electron chi connectivity index (χ4n) is 4.92. The highest BCUT2D eigenvalue weighted by Gasteiger charge is 2.35. The second-order valence-electron chi connectivity index (χ2n) is 11.2. The van der Waals surface area contributed by atoms with Gasteiger partial charge in [-0.15, -0.1) is 0 Å². The number of fused-ring (bicyclic) bond motifs is 1. The molecule has 206 valence electrons. The van der Waals surface area contributed by atoms with Crippen molar-refractivity contribution in [2.75, 3.05) is 6.54 Å². The summed E-state index contributed by atoms with van der Waals surface area (Å²) in [6, 6.07) is 26.2. The summed E-state index contributed by atoms with van der Waals surface area (Å²) in [6.45, 7) is 6.77. The Morgan fingerprint density at radius 1 is 0.923 bits per heavy atom. The van der Waals surface area contributed by atoms with Crippen LogP contribution in [0.4, 0.5) is 4.79 Å². The number of carbonyl (C=O) groups is 2. The summed E-state index contributed by atoms with van der Waals surface area (Å²) in [7, 11) is 0. The number of aliphatic hydroxyl groups excluding tert-OH is 1. The summed E-state index contributed by atoms with van der Waals surface area (Å²) in [6.07, 6.45) is -0.554. The van der Waals surface area contributed by atoms with Crippen molar-refractivity contribution < 1.29 is 19.4 Å². The SMILES string of the molecule is CC(C)(C)NC(=O)[C@H]1Cc2ccccc2CN1C[C@@H](O)[C@H](Cc1ccccc1)NC(=O)OCc1ccccc1. The lowest BCUT2D eigenvalue weighted by Crippen LogP contribution is -2.57. The zero-order valence-corrected chi connectivity index (χ0v) is 23.0. The van der Waals surface area contributed by atoms with E-state index in [1.807, 2.05) is 98.5 Å². The van der Waals surface area contributed by atoms with E-state index in [-0.39, 0.29) is 24.6 Å². The number of nitrogens with zero attached hydrogens (tertiary/aromatic N) is 1. The summed E-state index contributed by atoms with van der Waals surface area (Å²) < 4.78 is 5.46. The first kappa shape index (κ1) is 28.3. The first-order valence-electron chi connectivity index (χ1n) is 13.5. The van der Waals surface area contributed by atoms with Gasteiger partial charge < -0.3 is 20.5 Å². The number of ether oxygens (including phenoxy) is 1. The van der Waals surface area contributed by atoms with Crippen LogP contribution in [0.15, 0.2) is 84.9 Å². The largest absolute Gasteiger partial charge is 0.445 e. The molecular weight excluding hydrogens is 490 g/mol. The number of β-amino-alcohol motifs (C(OH)–C–C–N with tert-alkyl or cyclic N) is 1.